The predicted octanol–water partition coefficient (Wildman–Crippen LogP) is -0.540. The molecule has 0 bridgehead atoms. The number of rotatable bonds is 5. The van der Waals surface area contributed by atoms with E-state index in [0.717, 1.165) is 5.56 Å². The van der Waals surface area contributed by atoms with Crippen LogP contribution in [0.25, 0.3) is 0 Å². The Balaban J connectivity index is 2.27. The van der Waals surface area contributed by atoms with Crippen molar-refractivity contribution in [1.82, 2.24) is 15.6 Å². The van der Waals surface area contributed by atoms with Gasteiger partial charge in [0, 0.05) is 32.6 Å². The van der Waals surface area contributed by atoms with Crippen molar-refractivity contribution in [1.29, 1.82) is 0 Å². The van der Waals surface area contributed by atoms with Crippen molar-refractivity contribution in [3.8, 4) is 0 Å². The second-order valence-electron chi connectivity index (χ2n) is 3.29. The summed E-state index contributed by atoms with van der Waals surface area (Å²) in [5.74, 6) is -1.32. The standard InChI is InChI=1S/C11H15N3O3/c1-17-6-5-13-10(15)11(16)14-8-9-3-2-4-12-7-9/h2-4,7H,5-6,8H2,1H3,(H,13,15)(H,14,16). The van der Waals surface area contributed by atoms with Gasteiger partial charge in [0.25, 0.3) is 0 Å². The number of nitrogens with zero attached hydrogens (tertiary/aromatic N) is 1. The largest absolute Gasteiger partial charge is 0.383 e. The Labute approximate surface area is 99.4 Å². The van der Waals surface area contributed by atoms with Crippen LogP contribution in [0, 0.1) is 0 Å². The maximum atomic E-state index is 11.3. The van der Waals surface area contributed by atoms with Crippen LogP contribution < -0.4 is 10.6 Å². The first kappa shape index (κ1) is 13.1. The van der Waals surface area contributed by atoms with Gasteiger partial charge in [0.15, 0.2) is 0 Å². The number of ether oxygens (including phenoxy) is 1. The van der Waals surface area contributed by atoms with E-state index in [1.165, 1.54) is 7.11 Å². The summed E-state index contributed by atoms with van der Waals surface area (Å²) in [6.45, 7) is 0.974. The van der Waals surface area contributed by atoms with Crippen molar-refractivity contribution in [2.24, 2.45) is 0 Å². The van der Waals surface area contributed by atoms with Gasteiger partial charge >= 0.3 is 11.8 Å². The molecule has 1 aromatic heterocycles. The third-order valence-corrected chi connectivity index (χ3v) is 1.97. The van der Waals surface area contributed by atoms with Gasteiger partial charge in [0.05, 0.1) is 6.61 Å². The lowest BCUT2D eigenvalue weighted by Crippen LogP contribution is -2.40. The third kappa shape index (κ3) is 5.07. The van der Waals surface area contributed by atoms with Gasteiger partial charge in [-0.05, 0) is 11.6 Å². The highest BCUT2D eigenvalue weighted by Gasteiger charge is 2.11. The van der Waals surface area contributed by atoms with Crippen molar-refractivity contribution < 1.29 is 14.3 Å². The lowest BCUT2D eigenvalue weighted by molar-refractivity contribution is -0.139. The third-order valence-electron chi connectivity index (χ3n) is 1.97. The maximum absolute atomic E-state index is 11.3. The van der Waals surface area contributed by atoms with Crippen LogP contribution in [0.1, 0.15) is 5.56 Å². The van der Waals surface area contributed by atoms with Crippen molar-refractivity contribution in [3.05, 3.63) is 30.1 Å². The molecular weight excluding hydrogens is 222 g/mol. The Kier molecular flexibility index (Phi) is 5.67. The monoisotopic (exact) mass is 237 g/mol. The van der Waals surface area contributed by atoms with E-state index in [9.17, 15) is 9.59 Å². The highest BCUT2D eigenvalue weighted by atomic mass is 16.5. The van der Waals surface area contributed by atoms with Gasteiger partial charge < -0.3 is 15.4 Å². The molecule has 0 atom stereocenters. The first-order chi connectivity index (χ1) is 8.24. The van der Waals surface area contributed by atoms with Gasteiger partial charge in [-0.1, -0.05) is 6.07 Å². The maximum Gasteiger partial charge on any atom is 0.309 e. The zero-order valence-corrected chi connectivity index (χ0v) is 9.60. The molecule has 0 aliphatic rings. The molecule has 92 valence electrons. The molecule has 1 heterocycles. The average Bonchev–Trinajstić information content (AvgIpc) is 2.37. The van der Waals surface area contributed by atoms with E-state index in [2.05, 4.69) is 15.6 Å². The second-order valence-corrected chi connectivity index (χ2v) is 3.29. The summed E-state index contributed by atoms with van der Waals surface area (Å²) >= 11 is 0. The van der Waals surface area contributed by atoms with E-state index in [0.29, 0.717) is 13.2 Å². The van der Waals surface area contributed by atoms with Gasteiger partial charge in [-0.2, -0.15) is 0 Å². The number of aromatic nitrogens is 1. The Hall–Kier alpha value is -1.95. The Bertz CT molecular complexity index is 367. The molecule has 1 aromatic rings. The number of nitrogens with one attached hydrogen (secondary N) is 2. The van der Waals surface area contributed by atoms with Crippen LogP contribution >= 0.6 is 0 Å². The smallest absolute Gasteiger partial charge is 0.309 e. The number of hydrogen-bond donors (Lipinski definition) is 2. The van der Waals surface area contributed by atoms with Crippen LogP contribution in [0.15, 0.2) is 24.5 Å². The summed E-state index contributed by atoms with van der Waals surface area (Å²) in [5, 5.41) is 4.92. The molecule has 0 spiro atoms. The number of carbonyl (C=O) groups excluding carboxylic acids is 2. The first-order valence-electron chi connectivity index (χ1n) is 5.18. The molecule has 2 N–H and O–H groups in total. The lowest BCUT2D eigenvalue weighted by atomic mass is 10.3. The van der Waals surface area contributed by atoms with Crippen LogP contribution in [-0.2, 0) is 20.9 Å². The first-order valence-corrected chi connectivity index (χ1v) is 5.18. The molecule has 0 aromatic carbocycles. The summed E-state index contributed by atoms with van der Waals surface area (Å²) in [6, 6.07) is 3.58. The van der Waals surface area contributed by atoms with Gasteiger partial charge in [-0.25, -0.2) is 0 Å². The minimum Gasteiger partial charge on any atom is -0.383 e. The Morgan fingerprint density at radius 1 is 1.35 bits per heavy atom. The van der Waals surface area contributed by atoms with Crippen LogP contribution in [0.5, 0.6) is 0 Å². The van der Waals surface area contributed by atoms with Crippen LogP contribution in [0.2, 0.25) is 0 Å². The summed E-state index contributed by atoms with van der Waals surface area (Å²) in [7, 11) is 1.52. The summed E-state index contributed by atoms with van der Waals surface area (Å²) in [6.07, 6.45) is 3.27. The van der Waals surface area contributed by atoms with E-state index in [1.54, 1.807) is 18.5 Å². The SMILES string of the molecule is COCCNC(=O)C(=O)NCc1cccnc1. The second kappa shape index (κ2) is 7.34. The van der Waals surface area contributed by atoms with Crippen LogP contribution in [0.3, 0.4) is 0 Å². The number of amides is 2. The van der Waals surface area contributed by atoms with Crippen molar-refractivity contribution in [2.75, 3.05) is 20.3 Å². The van der Waals surface area contributed by atoms with E-state index in [-0.39, 0.29) is 6.54 Å². The van der Waals surface area contributed by atoms with Crippen molar-refractivity contribution in [2.45, 2.75) is 6.54 Å². The summed E-state index contributed by atoms with van der Waals surface area (Å²) in [5.41, 5.74) is 0.838. The fourth-order valence-corrected chi connectivity index (χ4v) is 1.11. The zero-order valence-electron chi connectivity index (χ0n) is 9.60. The quantitative estimate of drug-likeness (QED) is 0.532. The van der Waals surface area contributed by atoms with E-state index in [4.69, 9.17) is 4.74 Å². The molecule has 0 aliphatic carbocycles. The molecule has 0 fully saturated rings. The molecule has 1 rings (SSSR count). The van der Waals surface area contributed by atoms with Crippen LogP contribution in [-0.4, -0.2) is 37.1 Å². The molecule has 0 unspecified atom stereocenters. The molecule has 0 saturated carbocycles. The minimum absolute atomic E-state index is 0.282. The molecular formula is C11H15N3O3. The van der Waals surface area contributed by atoms with E-state index in [1.807, 2.05) is 6.07 Å². The predicted molar refractivity (Wildman–Crippen MR) is 61.0 cm³/mol. The highest BCUT2D eigenvalue weighted by Crippen LogP contribution is 1.93. The number of methoxy groups -OCH3 is 1. The molecule has 17 heavy (non-hydrogen) atoms. The molecule has 0 aliphatic heterocycles. The number of pyridine rings is 1. The molecule has 0 radical (unpaired) electrons. The fourth-order valence-electron chi connectivity index (χ4n) is 1.11. The fraction of sp³-hybridized carbons (Fsp3) is 0.364. The molecule has 6 nitrogen and oxygen atoms in total. The normalized spacial score (nSPS) is 9.71. The van der Waals surface area contributed by atoms with Crippen LogP contribution in [0.4, 0.5) is 0 Å². The highest BCUT2D eigenvalue weighted by molar-refractivity contribution is 6.35. The van der Waals surface area contributed by atoms with Crippen molar-refractivity contribution >= 4 is 11.8 Å². The van der Waals surface area contributed by atoms with Crippen molar-refractivity contribution in [3.63, 3.8) is 0 Å². The average molecular weight is 237 g/mol. The summed E-state index contributed by atoms with van der Waals surface area (Å²) in [4.78, 5) is 26.5. The van der Waals surface area contributed by atoms with Gasteiger partial charge in [0.1, 0.15) is 0 Å². The van der Waals surface area contributed by atoms with Gasteiger partial charge in [-0.3, -0.25) is 14.6 Å². The molecule has 6 heteroatoms. The van der Waals surface area contributed by atoms with Gasteiger partial charge in [-0.15, -0.1) is 0 Å². The Morgan fingerprint density at radius 3 is 2.76 bits per heavy atom. The zero-order chi connectivity index (χ0) is 12.5. The van der Waals surface area contributed by atoms with E-state index < -0.39 is 11.8 Å². The van der Waals surface area contributed by atoms with E-state index >= 15 is 0 Å². The number of hydrogen-bond acceptors (Lipinski definition) is 4. The molecule has 0 saturated heterocycles. The Morgan fingerprint density at radius 2 is 2.12 bits per heavy atom. The summed E-state index contributed by atoms with van der Waals surface area (Å²) < 4.78 is 4.75. The number of carbonyl (C=O) groups is 2. The lowest BCUT2D eigenvalue weighted by Gasteiger charge is -2.05. The minimum atomic E-state index is -0.662. The molecule has 2 amide bonds. The topological polar surface area (TPSA) is 80.3 Å². The van der Waals surface area contributed by atoms with Gasteiger partial charge in [0.2, 0.25) is 0 Å².